The molecule has 0 saturated carbocycles. The highest BCUT2D eigenvalue weighted by molar-refractivity contribution is 7.90. The van der Waals surface area contributed by atoms with Gasteiger partial charge in [0.2, 0.25) is 5.91 Å². The van der Waals surface area contributed by atoms with Gasteiger partial charge in [0.15, 0.2) is 0 Å². The summed E-state index contributed by atoms with van der Waals surface area (Å²) < 4.78 is 0. The van der Waals surface area contributed by atoms with Crippen molar-refractivity contribution in [1.82, 2.24) is 15.3 Å². The summed E-state index contributed by atoms with van der Waals surface area (Å²) in [5.74, 6) is -0.259. The van der Waals surface area contributed by atoms with Crippen LogP contribution in [0.1, 0.15) is 27.0 Å². The summed E-state index contributed by atoms with van der Waals surface area (Å²) >= 11 is 4.44. The second kappa shape index (κ2) is 18.2. The highest BCUT2D eigenvalue weighted by Gasteiger charge is 2.13. The number of aromatic nitrogens is 2. The third-order valence-corrected chi connectivity index (χ3v) is 6.83. The molecule has 0 saturated heterocycles. The van der Waals surface area contributed by atoms with E-state index in [1.165, 1.54) is 12.3 Å². The molecule has 2 aromatic carbocycles. The molecule has 0 aliphatic heterocycles. The van der Waals surface area contributed by atoms with Gasteiger partial charge in [-0.05, 0) is 55.1 Å². The van der Waals surface area contributed by atoms with E-state index in [0.29, 0.717) is 22.6 Å². The molecular formula is C35H35N7O2S. The van der Waals surface area contributed by atoms with Crippen LogP contribution in [0.5, 0.6) is 0 Å². The maximum Gasteiger partial charge on any atom is 0.245 e. The molecule has 1 N–H and O–H groups in total. The number of anilines is 2. The van der Waals surface area contributed by atoms with Crippen LogP contribution in [-0.4, -0.2) is 56.2 Å². The average Bonchev–Trinajstić information content (AvgIpc) is 3.09. The number of hydrogen-bond acceptors (Lipinski definition) is 9. The number of aliphatic imine (C=N–C) groups is 1. The largest absolute Gasteiger partial charge is 0.378 e. The normalized spacial score (nSPS) is 10.7. The van der Waals surface area contributed by atoms with Crippen LogP contribution in [-0.2, 0) is 11.2 Å². The van der Waals surface area contributed by atoms with Gasteiger partial charge in [0.25, 0.3) is 0 Å². The molecule has 0 radical (unpaired) electrons. The van der Waals surface area contributed by atoms with E-state index in [9.17, 15) is 9.59 Å². The minimum atomic E-state index is -0.259. The lowest BCUT2D eigenvalue weighted by atomic mass is 10.1. The SMILES string of the molecule is C=Nc1cc(N(C)C)ccc1N(CCc1cccnc1)CNC(=O)/C=C/C=C(\S)c1cncc(C#N)c1.O=Cc1ccccc1. The van der Waals surface area contributed by atoms with Crippen molar-refractivity contribution in [2.75, 3.05) is 37.1 Å². The van der Waals surface area contributed by atoms with E-state index in [1.54, 1.807) is 42.7 Å². The van der Waals surface area contributed by atoms with Gasteiger partial charge in [-0.25, -0.2) is 0 Å². The third kappa shape index (κ3) is 11.2. The molecule has 0 bridgehead atoms. The predicted octanol–water partition coefficient (Wildman–Crippen LogP) is 5.90. The molecule has 0 aliphatic carbocycles. The van der Waals surface area contributed by atoms with Crippen molar-refractivity contribution in [2.24, 2.45) is 4.99 Å². The number of thiol groups is 1. The molecule has 0 aliphatic rings. The summed E-state index contributed by atoms with van der Waals surface area (Å²) in [6.45, 7) is 4.66. The zero-order valence-corrected chi connectivity index (χ0v) is 26.1. The fraction of sp³-hybridized carbons (Fsp3) is 0.143. The van der Waals surface area contributed by atoms with Crippen LogP contribution < -0.4 is 15.1 Å². The second-order valence-corrected chi connectivity index (χ2v) is 10.3. The molecule has 0 spiro atoms. The Morgan fingerprint density at radius 1 is 1.07 bits per heavy atom. The minimum absolute atomic E-state index is 0.259. The summed E-state index contributed by atoms with van der Waals surface area (Å²) in [7, 11) is 3.94. The number of allylic oxidation sites excluding steroid dienone is 2. The summed E-state index contributed by atoms with van der Waals surface area (Å²) in [4.78, 5) is 39.7. The third-order valence-electron chi connectivity index (χ3n) is 6.42. The summed E-state index contributed by atoms with van der Waals surface area (Å²) in [6, 6.07) is 22.7. The van der Waals surface area contributed by atoms with E-state index in [4.69, 9.17) is 5.26 Å². The number of pyridine rings is 2. The Hall–Kier alpha value is -5.53. The first kappa shape index (κ1) is 34.0. The second-order valence-electron chi connectivity index (χ2n) is 9.81. The lowest BCUT2D eigenvalue weighted by Crippen LogP contribution is -2.38. The van der Waals surface area contributed by atoms with Gasteiger partial charge < -0.3 is 15.1 Å². The lowest BCUT2D eigenvalue weighted by Gasteiger charge is -2.27. The van der Waals surface area contributed by atoms with Crippen molar-refractivity contribution >= 4 is 53.5 Å². The molecule has 2 heterocycles. The molecular weight excluding hydrogens is 582 g/mol. The number of carbonyl (C=O) groups excluding carboxylic acids is 2. The number of rotatable bonds is 12. The first-order valence-electron chi connectivity index (χ1n) is 14.0. The van der Waals surface area contributed by atoms with Gasteiger partial charge in [-0.3, -0.25) is 24.5 Å². The van der Waals surface area contributed by atoms with E-state index in [0.717, 1.165) is 40.9 Å². The van der Waals surface area contributed by atoms with Crippen molar-refractivity contribution < 1.29 is 9.59 Å². The summed E-state index contributed by atoms with van der Waals surface area (Å²) in [5, 5.41) is 12.0. The highest BCUT2D eigenvalue weighted by atomic mass is 32.1. The smallest absolute Gasteiger partial charge is 0.245 e. The van der Waals surface area contributed by atoms with E-state index in [2.05, 4.69) is 44.5 Å². The Balaban J connectivity index is 0.000000598. The standard InChI is InChI=1S/C28H29N7OS.C7H6O/c1-30-25-15-24(34(2)3)9-10-26(25)35(13-11-21-6-5-12-31-17-21)20-33-28(36)8-4-7-27(37)23-14-22(16-29)18-32-19-23;8-6-7-4-2-1-3-5-7/h4-10,12,14-15,17-19,37H,1,11,13,20H2,2-3H3,(H,33,36);1-6H/b8-4+,27-7-;. The van der Waals surface area contributed by atoms with Gasteiger partial charge in [0.05, 0.1) is 23.6 Å². The topological polar surface area (TPSA) is 115 Å². The zero-order valence-electron chi connectivity index (χ0n) is 25.2. The Kier molecular flexibility index (Phi) is 13.7. The van der Waals surface area contributed by atoms with Crippen molar-refractivity contribution in [2.45, 2.75) is 6.42 Å². The Labute approximate surface area is 269 Å². The number of carbonyl (C=O) groups is 2. The molecule has 1 amide bonds. The van der Waals surface area contributed by atoms with Crippen LogP contribution in [0.4, 0.5) is 17.1 Å². The molecule has 4 aromatic rings. The molecule has 9 nitrogen and oxygen atoms in total. The van der Waals surface area contributed by atoms with Crippen LogP contribution in [0.2, 0.25) is 0 Å². The maximum absolute atomic E-state index is 12.6. The van der Waals surface area contributed by atoms with Crippen molar-refractivity contribution in [3.63, 3.8) is 0 Å². The van der Waals surface area contributed by atoms with Crippen LogP contribution in [0.25, 0.3) is 4.91 Å². The highest BCUT2D eigenvalue weighted by Crippen LogP contribution is 2.32. The molecule has 0 unspecified atom stereocenters. The average molecular weight is 618 g/mol. The zero-order chi connectivity index (χ0) is 32.4. The number of amides is 1. The summed E-state index contributed by atoms with van der Waals surface area (Å²) in [5.41, 5.74) is 5.58. The number of nitrogens with zero attached hydrogens (tertiary/aromatic N) is 6. The van der Waals surface area contributed by atoms with E-state index in [-0.39, 0.29) is 12.6 Å². The minimum Gasteiger partial charge on any atom is -0.378 e. The van der Waals surface area contributed by atoms with Crippen LogP contribution in [0.3, 0.4) is 0 Å². The van der Waals surface area contributed by atoms with Gasteiger partial charge in [0, 0.05) is 73.2 Å². The first-order valence-corrected chi connectivity index (χ1v) is 14.4. The van der Waals surface area contributed by atoms with Gasteiger partial charge >= 0.3 is 0 Å². The number of aldehydes is 1. The fourth-order valence-electron chi connectivity index (χ4n) is 4.01. The van der Waals surface area contributed by atoms with Crippen LogP contribution in [0.15, 0.2) is 115 Å². The molecule has 228 valence electrons. The van der Waals surface area contributed by atoms with E-state index in [1.807, 2.05) is 79.8 Å². The first-order chi connectivity index (χ1) is 21.8. The van der Waals surface area contributed by atoms with Gasteiger partial charge in [-0.15, -0.1) is 12.6 Å². The fourth-order valence-corrected chi connectivity index (χ4v) is 4.22. The summed E-state index contributed by atoms with van der Waals surface area (Å²) in [6.07, 6.45) is 13.0. The van der Waals surface area contributed by atoms with E-state index < -0.39 is 0 Å². The quantitative estimate of drug-likeness (QED) is 0.0508. The van der Waals surface area contributed by atoms with E-state index >= 15 is 0 Å². The van der Waals surface area contributed by atoms with Crippen molar-refractivity contribution in [3.8, 4) is 6.07 Å². The Morgan fingerprint density at radius 3 is 2.51 bits per heavy atom. The van der Waals surface area contributed by atoms with Gasteiger partial charge in [-0.2, -0.15) is 5.26 Å². The predicted molar refractivity (Wildman–Crippen MR) is 185 cm³/mol. The van der Waals surface area contributed by atoms with Crippen molar-refractivity contribution in [1.29, 1.82) is 5.26 Å². The monoisotopic (exact) mass is 617 g/mol. The number of nitrogens with one attached hydrogen (secondary N) is 1. The lowest BCUT2D eigenvalue weighted by molar-refractivity contribution is -0.116. The van der Waals surface area contributed by atoms with Crippen LogP contribution >= 0.6 is 12.6 Å². The molecule has 4 rings (SSSR count). The Morgan fingerprint density at radius 2 is 1.87 bits per heavy atom. The number of benzene rings is 2. The molecule has 2 aromatic heterocycles. The van der Waals surface area contributed by atoms with Gasteiger partial charge in [0.1, 0.15) is 12.4 Å². The molecule has 0 atom stereocenters. The van der Waals surface area contributed by atoms with Crippen molar-refractivity contribution in [3.05, 3.63) is 132 Å². The Bertz CT molecular complexity index is 1670. The number of nitriles is 1. The molecule has 45 heavy (non-hydrogen) atoms. The molecule has 10 heteroatoms. The van der Waals surface area contributed by atoms with Gasteiger partial charge in [-0.1, -0.05) is 42.5 Å². The van der Waals surface area contributed by atoms with Crippen LogP contribution in [0, 0.1) is 11.3 Å². The number of hydrogen-bond donors (Lipinski definition) is 2. The molecule has 0 fully saturated rings. The maximum atomic E-state index is 12.6.